The predicted molar refractivity (Wildman–Crippen MR) is 123 cm³/mol. The first-order valence-corrected chi connectivity index (χ1v) is 11.1. The third-order valence-electron chi connectivity index (χ3n) is 5.61. The first-order valence-electron chi connectivity index (χ1n) is 11.1. The van der Waals surface area contributed by atoms with Crippen LogP contribution in [-0.4, -0.2) is 56.4 Å². The van der Waals surface area contributed by atoms with E-state index in [1.165, 1.54) is 4.90 Å². The lowest BCUT2D eigenvalue weighted by Gasteiger charge is -2.38. The largest absolute Gasteiger partial charge is 0.420 e. The van der Waals surface area contributed by atoms with Gasteiger partial charge in [-0.05, 0) is 36.4 Å². The number of hydrogen-bond donors (Lipinski definition) is 2. The van der Waals surface area contributed by atoms with Gasteiger partial charge in [0.15, 0.2) is 5.75 Å². The van der Waals surface area contributed by atoms with Gasteiger partial charge in [-0.3, -0.25) is 9.80 Å². The number of likely N-dealkylation sites (tertiary alicyclic amines) is 1. The fourth-order valence-corrected chi connectivity index (χ4v) is 3.62. The molecule has 0 bridgehead atoms. The van der Waals surface area contributed by atoms with Crippen molar-refractivity contribution in [1.82, 2.24) is 10.2 Å². The summed E-state index contributed by atoms with van der Waals surface area (Å²) >= 11 is 0. The van der Waals surface area contributed by atoms with Crippen LogP contribution in [0.2, 0.25) is 0 Å². The zero-order valence-electron chi connectivity index (χ0n) is 20.1. The van der Waals surface area contributed by atoms with E-state index < -0.39 is 71.3 Å². The van der Waals surface area contributed by atoms with Crippen LogP contribution in [0.15, 0.2) is 42.6 Å². The van der Waals surface area contributed by atoms with Gasteiger partial charge in [0.05, 0.1) is 24.2 Å². The summed E-state index contributed by atoms with van der Waals surface area (Å²) in [5.41, 5.74) is -5.04. The molecule has 0 saturated carbocycles. The van der Waals surface area contributed by atoms with Crippen molar-refractivity contribution in [1.29, 1.82) is 5.41 Å². The van der Waals surface area contributed by atoms with Crippen LogP contribution in [0.5, 0.6) is 5.75 Å². The molecule has 1 aliphatic heterocycles. The molecule has 3 rings (SSSR count). The van der Waals surface area contributed by atoms with Gasteiger partial charge < -0.3 is 15.5 Å². The van der Waals surface area contributed by atoms with Gasteiger partial charge in [-0.25, -0.2) is 18.0 Å². The maximum atomic E-state index is 13.9. The van der Waals surface area contributed by atoms with Gasteiger partial charge in [0.25, 0.3) is 5.92 Å². The monoisotopic (exact) mass is 568 g/mol. The molecular weight excluding hydrogens is 547 g/mol. The van der Waals surface area contributed by atoms with Crippen LogP contribution < -0.4 is 15.0 Å². The molecule has 1 saturated heterocycles. The normalized spacial score (nSPS) is 15.9. The molecule has 1 amide bonds. The van der Waals surface area contributed by atoms with Crippen molar-refractivity contribution in [2.24, 2.45) is 0 Å². The zero-order valence-corrected chi connectivity index (χ0v) is 20.1. The van der Waals surface area contributed by atoms with Crippen LogP contribution in [0.25, 0.3) is 5.57 Å². The first kappa shape index (κ1) is 29.8. The van der Waals surface area contributed by atoms with Crippen molar-refractivity contribution in [3.05, 3.63) is 65.1 Å². The van der Waals surface area contributed by atoms with Gasteiger partial charge in [0.2, 0.25) is 0 Å². The molecule has 2 aromatic rings. The number of rotatable bonds is 8. The molecule has 0 aliphatic carbocycles. The van der Waals surface area contributed by atoms with E-state index in [4.69, 9.17) is 10.1 Å². The molecule has 2 N–H and O–H groups in total. The van der Waals surface area contributed by atoms with Gasteiger partial charge >= 0.3 is 18.4 Å². The Kier molecular flexibility index (Phi) is 8.53. The fourth-order valence-electron chi connectivity index (χ4n) is 3.62. The second-order valence-electron chi connectivity index (χ2n) is 8.56. The van der Waals surface area contributed by atoms with Crippen molar-refractivity contribution < 1.29 is 49.0 Å². The molecule has 0 aromatic heterocycles. The fraction of sp³-hybridized carbons (Fsp3) is 0.333. The smallest absolute Gasteiger partial charge is 0.409 e. The van der Waals surface area contributed by atoms with Crippen LogP contribution >= 0.6 is 0 Å². The molecule has 1 heterocycles. The number of hydrogen-bond acceptors (Lipinski definition) is 5. The number of ether oxygens (including phenoxy) is 1. The maximum Gasteiger partial charge on any atom is 0.420 e. The average molecular weight is 568 g/mol. The summed E-state index contributed by atoms with van der Waals surface area (Å²) in [6, 6.07) is 4.25. The molecule has 15 heteroatoms. The molecule has 6 nitrogen and oxygen atoms in total. The number of nitrogens with one attached hydrogen (secondary N) is 2. The third-order valence-corrected chi connectivity index (χ3v) is 5.61. The maximum absolute atomic E-state index is 13.9. The van der Waals surface area contributed by atoms with E-state index in [0.717, 1.165) is 37.5 Å². The number of anilines is 1. The van der Waals surface area contributed by atoms with E-state index in [2.05, 4.69) is 5.32 Å². The Morgan fingerprint density at radius 3 is 2.23 bits per heavy atom. The number of carbonyl (C=O) groups excluding carboxylic acids is 1. The average Bonchev–Trinajstić information content (AvgIpc) is 2.81. The first-order chi connectivity index (χ1) is 18.0. The number of amides is 1. The van der Waals surface area contributed by atoms with Crippen LogP contribution in [0.1, 0.15) is 16.7 Å². The molecule has 2 aromatic carbocycles. The molecule has 0 unspecified atom stereocenters. The molecular formula is C24H21F9N4O2. The number of benzene rings is 2. The van der Waals surface area contributed by atoms with Gasteiger partial charge in [0.1, 0.15) is 5.82 Å². The third kappa shape index (κ3) is 7.43. The Hall–Kier alpha value is -3.75. The quantitative estimate of drug-likeness (QED) is 0.232. The highest BCUT2D eigenvalue weighted by Crippen LogP contribution is 2.44. The zero-order chi connectivity index (χ0) is 29.2. The van der Waals surface area contributed by atoms with Gasteiger partial charge in [-0.1, -0.05) is 0 Å². The lowest BCUT2D eigenvalue weighted by atomic mass is 9.98. The number of allylic oxidation sites excluding steroid dienone is 1. The highest BCUT2D eigenvalue weighted by atomic mass is 19.4. The van der Waals surface area contributed by atoms with Crippen molar-refractivity contribution in [2.45, 2.75) is 18.3 Å². The summed E-state index contributed by atoms with van der Waals surface area (Å²) in [6.45, 7) is -0.945. The van der Waals surface area contributed by atoms with E-state index in [1.807, 2.05) is 0 Å². The van der Waals surface area contributed by atoms with Crippen LogP contribution in [-0.2, 0) is 12.4 Å². The van der Waals surface area contributed by atoms with E-state index in [0.29, 0.717) is 17.2 Å². The standard InChI is InChI=1S/C24H21F9N4O2/c1-36(17-4-2-16(25)3-5-17)21(38)39-20-18(8-15(23(28,29)30)9-19(20)24(31,32)33)14(10-34)11-35-6-7-37-12-22(26,27)13-37/h2-5,8-11,34-35H,6-7,12-13H2,1H3/b14-11+,34-10?. The minimum absolute atomic E-state index is 0.00415. The van der Waals surface area contributed by atoms with Crippen molar-refractivity contribution in [3.63, 3.8) is 0 Å². The van der Waals surface area contributed by atoms with Crippen molar-refractivity contribution in [3.8, 4) is 5.75 Å². The van der Waals surface area contributed by atoms with Crippen LogP contribution in [0.4, 0.5) is 50.0 Å². The van der Waals surface area contributed by atoms with Crippen LogP contribution in [0.3, 0.4) is 0 Å². The minimum Gasteiger partial charge on any atom is -0.409 e. The second-order valence-corrected chi connectivity index (χ2v) is 8.56. The minimum atomic E-state index is -5.41. The molecule has 0 radical (unpaired) electrons. The van der Waals surface area contributed by atoms with Gasteiger partial charge in [0, 0.05) is 49.4 Å². The van der Waals surface area contributed by atoms with E-state index in [1.54, 1.807) is 0 Å². The Morgan fingerprint density at radius 2 is 1.72 bits per heavy atom. The van der Waals surface area contributed by atoms with Crippen molar-refractivity contribution in [2.75, 3.05) is 38.1 Å². The topological polar surface area (TPSA) is 68.7 Å². The molecule has 0 atom stereocenters. The summed E-state index contributed by atoms with van der Waals surface area (Å²) in [6.07, 6.45) is -10.7. The summed E-state index contributed by atoms with van der Waals surface area (Å²) in [5.74, 6) is -4.80. The number of alkyl halides is 8. The SMILES string of the molecule is CN(C(=O)Oc1c(/C(C=N)=C/NCCN2CC(F)(F)C2)cc(C(F)(F)F)cc1C(F)(F)F)c1ccc(F)cc1. The Labute approximate surface area is 216 Å². The number of halogens is 9. The number of carbonyl (C=O) groups is 1. The predicted octanol–water partition coefficient (Wildman–Crippen LogP) is 6.03. The summed E-state index contributed by atoms with van der Waals surface area (Å²) in [7, 11) is 1.08. The van der Waals surface area contributed by atoms with E-state index >= 15 is 0 Å². The summed E-state index contributed by atoms with van der Waals surface area (Å²) in [4.78, 5) is 14.8. The van der Waals surface area contributed by atoms with Gasteiger partial charge in [-0.15, -0.1) is 0 Å². The molecule has 1 aliphatic rings. The molecule has 212 valence electrons. The molecule has 39 heavy (non-hydrogen) atoms. The summed E-state index contributed by atoms with van der Waals surface area (Å²) in [5, 5.41) is 10.2. The summed E-state index contributed by atoms with van der Waals surface area (Å²) < 4.78 is 126. The lowest BCUT2D eigenvalue weighted by Crippen LogP contribution is -2.57. The number of nitrogens with zero attached hydrogens (tertiary/aromatic N) is 2. The van der Waals surface area contributed by atoms with E-state index in [9.17, 15) is 44.3 Å². The Bertz CT molecular complexity index is 1230. The Balaban J connectivity index is 2.00. The van der Waals surface area contributed by atoms with Gasteiger partial charge in [-0.2, -0.15) is 26.3 Å². The highest BCUT2D eigenvalue weighted by molar-refractivity contribution is 6.10. The highest BCUT2D eigenvalue weighted by Gasteiger charge is 2.43. The van der Waals surface area contributed by atoms with Crippen molar-refractivity contribution >= 4 is 23.6 Å². The van der Waals surface area contributed by atoms with Crippen LogP contribution in [0, 0.1) is 11.2 Å². The molecule has 0 spiro atoms. The molecule has 1 fully saturated rings. The lowest BCUT2D eigenvalue weighted by molar-refractivity contribution is -0.143. The second kappa shape index (κ2) is 11.2. The Morgan fingerprint density at radius 1 is 1.10 bits per heavy atom. The van der Waals surface area contributed by atoms with E-state index in [-0.39, 0.29) is 24.8 Å².